The summed E-state index contributed by atoms with van der Waals surface area (Å²) in [5.41, 5.74) is 3.49. The molecule has 2 aromatic rings. The van der Waals surface area contributed by atoms with Gasteiger partial charge in [0.25, 0.3) is 0 Å². The molecule has 0 bridgehead atoms. The number of anilines is 2. The van der Waals surface area contributed by atoms with Crippen LogP contribution in [0.5, 0.6) is 0 Å². The first-order valence-corrected chi connectivity index (χ1v) is 13.4. The third kappa shape index (κ3) is 5.51. The van der Waals surface area contributed by atoms with Crippen molar-refractivity contribution >= 4 is 23.3 Å². The average Bonchev–Trinajstić information content (AvgIpc) is 3.49. The van der Waals surface area contributed by atoms with Gasteiger partial charge in [-0.3, -0.25) is 9.89 Å². The summed E-state index contributed by atoms with van der Waals surface area (Å²) in [4.78, 5) is 20.7. The number of nitriles is 1. The Morgan fingerprint density at radius 2 is 2.20 bits per heavy atom. The van der Waals surface area contributed by atoms with Crippen LogP contribution in [0, 0.1) is 17.1 Å². The maximum atomic E-state index is 14.2. The smallest absolute Gasteiger partial charge is 0.371 e. The van der Waals surface area contributed by atoms with Crippen LogP contribution >= 0.6 is 0 Å². The van der Waals surface area contributed by atoms with E-state index in [2.05, 4.69) is 21.2 Å². The second-order valence-electron chi connectivity index (χ2n) is 10.3. The van der Waals surface area contributed by atoms with E-state index < -0.39 is 18.0 Å². The topological polar surface area (TPSA) is 124 Å². The van der Waals surface area contributed by atoms with Gasteiger partial charge in [0.15, 0.2) is 6.23 Å². The third-order valence-corrected chi connectivity index (χ3v) is 7.66. The van der Waals surface area contributed by atoms with Crippen LogP contribution in [0.3, 0.4) is 0 Å². The number of carboxylic acids is 1. The van der Waals surface area contributed by atoms with Gasteiger partial charge < -0.3 is 29.2 Å². The minimum atomic E-state index is -1.09. The number of aromatic carboxylic acids is 1. The van der Waals surface area contributed by atoms with Gasteiger partial charge >= 0.3 is 5.97 Å². The van der Waals surface area contributed by atoms with Crippen LogP contribution in [-0.2, 0) is 16.1 Å². The molecule has 0 saturated carbocycles. The Kier molecular flexibility index (Phi) is 7.38. The zero-order valence-electron chi connectivity index (χ0n) is 21.9. The van der Waals surface area contributed by atoms with Crippen LogP contribution in [0.25, 0.3) is 0 Å². The van der Waals surface area contributed by atoms with E-state index in [0.29, 0.717) is 24.4 Å². The largest absolute Gasteiger partial charge is 0.475 e. The molecule has 2 N–H and O–H groups in total. The van der Waals surface area contributed by atoms with Crippen LogP contribution in [0.15, 0.2) is 57.5 Å². The first kappa shape index (κ1) is 26.3. The minimum absolute atomic E-state index is 0.0527. The van der Waals surface area contributed by atoms with Crippen molar-refractivity contribution in [3.05, 3.63) is 70.8 Å². The predicted molar refractivity (Wildman–Crippen MR) is 145 cm³/mol. The normalized spacial score (nSPS) is 24.0. The molecule has 6 rings (SSSR count). The number of rotatable bonds is 9. The van der Waals surface area contributed by atoms with Crippen molar-refractivity contribution in [3.63, 3.8) is 0 Å². The Bertz CT molecular complexity index is 1420. The summed E-state index contributed by atoms with van der Waals surface area (Å²) in [5, 5.41) is 21.6. The SMILES string of the molecule is N#Cc1ccc(COC2CC=CC(C3=CCN(CC4Nc5oc(C(=O)O)cc5N4CC4CCO4)CC3)=N2)c(F)c1. The van der Waals surface area contributed by atoms with Gasteiger partial charge in [-0.2, -0.15) is 5.26 Å². The molecule has 208 valence electrons. The van der Waals surface area contributed by atoms with Crippen molar-refractivity contribution in [3.8, 4) is 6.07 Å². The van der Waals surface area contributed by atoms with Gasteiger partial charge in [0.05, 0.1) is 30.1 Å². The van der Waals surface area contributed by atoms with Crippen molar-refractivity contribution < 1.29 is 28.2 Å². The molecule has 0 aliphatic carbocycles. The molecule has 40 heavy (non-hydrogen) atoms. The monoisotopic (exact) mass is 547 g/mol. The lowest BCUT2D eigenvalue weighted by atomic mass is 10.0. The zero-order chi connectivity index (χ0) is 27.6. The van der Waals surface area contributed by atoms with Gasteiger partial charge in [0.2, 0.25) is 11.6 Å². The van der Waals surface area contributed by atoms with E-state index in [9.17, 15) is 14.3 Å². The zero-order valence-corrected chi connectivity index (χ0v) is 21.9. The summed E-state index contributed by atoms with van der Waals surface area (Å²) in [6.45, 7) is 3.83. The number of fused-ring (bicyclic) bond motifs is 1. The van der Waals surface area contributed by atoms with E-state index in [4.69, 9.17) is 24.1 Å². The fourth-order valence-electron chi connectivity index (χ4n) is 5.33. The number of allylic oxidation sites excluding steroid dienone is 1. The van der Waals surface area contributed by atoms with E-state index >= 15 is 0 Å². The van der Waals surface area contributed by atoms with Crippen LogP contribution in [-0.4, -0.2) is 73.0 Å². The highest BCUT2D eigenvalue weighted by atomic mass is 19.1. The number of hydrogen-bond acceptors (Lipinski definition) is 9. The molecule has 4 aliphatic heterocycles. The molecule has 0 radical (unpaired) electrons. The molecule has 3 atom stereocenters. The molecular weight excluding hydrogens is 517 g/mol. The van der Waals surface area contributed by atoms with Gasteiger partial charge in [0, 0.05) is 50.8 Å². The molecular formula is C29H30FN5O5. The first-order chi connectivity index (χ1) is 19.5. The molecule has 0 spiro atoms. The number of nitrogens with one attached hydrogen (secondary N) is 1. The van der Waals surface area contributed by atoms with Gasteiger partial charge in [-0.05, 0) is 36.6 Å². The minimum Gasteiger partial charge on any atom is -0.475 e. The van der Waals surface area contributed by atoms with Crippen LogP contribution < -0.4 is 10.2 Å². The standard InChI is InChI=1S/C29H30FN5O5/c30-22-12-18(14-31)4-5-20(22)17-39-27-3-1-2-23(32-27)19-6-9-34(10-7-19)16-26-33-28-24(13-25(40-28)29(36)37)35(26)15-21-8-11-38-21/h1-2,4-6,12-13,21,26-27,33H,3,7-11,15-17H2,(H,36,37). The number of hydrogen-bond donors (Lipinski definition) is 2. The molecule has 5 heterocycles. The average molecular weight is 548 g/mol. The van der Waals surface area contributed by atoms with Crippen LogP contribution in [0.4, 0.5) is 16.0 Å². The number of benzene rings is 1. The van der Waals surface area contributed by atoms with Gasteiger partial charge in [-0.1, -0.05) is 18.2 Å². The quantitative estimate of drug-likeness (QED) is 0.481. The van der Waals surface area contributed by atoms with Crippen molar-refractivity contribution in [1.29, 1.82) is 5.26 Å². The number of dihydropyridines is 1. The Morgan fingerprint density at radius 1 is 1.32 bits per heavy atom. The van der Waals surface area contributed by atoms with E-state index in [-0.39, 0.29) is 30.2 Å². The van der Waals surface area contributed by atoms with E-state index in [1.807, 2.05) is 18.2 Å². The number of furan rings is 1. The summed E-state index contributed by atoms with van der Waals surface area (Å²) in [6, 6.07) is 7.89. The Morgan fingerprint density at radius 3 is 2.90 bits per heavy atom. The molecule has 10 nitrogen and oxygen atoms in total. The molecule has 0 amide bonds. The summed E-state index contributed by atoms with van der Waals surface area (Å²) in [7, 11) is 0. The lowest BCUT2D eigenvalue weighted by molar-refractivity contribution is -0.0451. The number of aliphatic imine (C=N–C) groups is 1. The van der Waals surface area contributed by atoms with E-state index in [0.717, 1.165) is 56.1 Å². The van der Waals surface area contributed by atoms with Gasteiger partial charge in [-0.15, -0.1) is 0 Å². The third-order valence-electron chi connectivity index (χ3n) is 7.66. The van der Waals surface area contributed by atoms with Gasteiger partial charge in [0.1, 0.15) is 17.7 Å². The Labute approximate surface area is 231 Å². The lowest BCUT2D eigenvalue weighted by Crippen LogP contribution is -2.50. The molecule has 3 unspecified atom stereocenters. The molecule has 11 heteroatoms. The first-order valence-electron chi connectivity index (χ1n) is 13.4. The van der Waals surface area contributed by atoms with Crippen LogP contribution in [0.1, 0.15) is 40.9 Å². The predicted octanol–water partition coefficient (Wildman–Crippen LogP) is 3.91. The maximum Gasteiger partial charge on any atom is 0.371 e. The summed E-state index contributed by atoms with van der Waals surface area (Å²) < 4.78 is 31.3. The summed E-state index contributed by atoms with van der Waals surface area (Å²) >= 11 is 0. The maximum absolute atomic E-state index is 14.2. The Hall–Kier alpha value is -3.98. The molecule has 1 aromatic heterocycles. The number of halogens is 1. The lowest BCUT2D eigenvalue weighted by Gasteiger charge is -2.37. The molecule has 1 fully saturated rings. The number of carboxylic acid groups (broad SMARTS) is 1. The fourth-order valence-corrected chi connectivity index (χ4v) is 5.33. The number of carbonyl (C=O) groups is 1. The van der Waals surface area contributed by atoms with Crippen molar-refractivity contribution in [2.24, 2.45) is 4.99 Å². The molecule has 4 aliphatic rings. The molecule has 1 aromatic carbocycles. The van der Waals surface area contributed by atoms with Crippen molar-refractivity contribution in [2.75, 3.05) is 43.0 Å². The second-order valence-corrected chi connectivity index (χ2v) is 10.3. The van der Waals surface area contributed by atoms with Crippen LogP contribution in [0.2, 0.25) is 0 Å². The second kappa shape index (κ2) is 11.3. The van der Waals surface area contributed by atoms with Gasteiger partial charge in [-0.25, -0.2) is 9.18 Å². The number of ether oxygens (including phenoxy) is 2. The highest BCUT2D eigenvalue weighted by Gasteiger charge is 2.37. The van der Waals surface area contributed by atoms with Crippen molar-refractivity contribution in [1.82, 2.24) is 4.90 Å². The highest BCUT2D eigenvalue weighted by molar-refractivity contribution is 6.09. The summed E-state index contributed by atoms with van der Waals surface area (Å²) in [5.74, 6) is -1.13. The van der Waals surface area contributed by atoms with E-state index in [1.54, 1.807) is 18.2 Å². The highest BCUT2D eigenvalue weighted by Crippen LogP contribution is 2.39. The summed E-state index contributed by atoms with van der Waals surface area (Å²) in [6.07, 6.45) is 8.35. The van der Waals surface area contributed by atoms with E-state index in [1.165, 1.54) is 6.07 Å². The van der Waals surface area contributed by atoms with Crippen molar-refractivity contribution in [2.45, 2.75) is 44.4 Å². The number of nitrogens with zero attached hydrogens (tertiary/aromatic N) is 4. The fraction of sp³-hybridized carbons (Fsp3) is 0.414. The molecule has 1 saturated heterocycles. The Balaban J connectivity index is 1.06.